The molecule has 1 N–H and O–H groups in total. The molecule has 0 unspecified atom stereocenters. The summed E-state index contributed by atoms with van der Waals surface area (Å²) < 4.78 is 7.82. The minimum atomic E-state index is -0.154. The predicted molar refractivity (Wildman–Crippen MR) is 94.0 cm³/mol. The highest BCUT2D eigenvalue weighted by Crippen LogP contribution is 2.28. The number of piperidine rings is 1. The van der Waals surface area contributed by atoms with Gasteiger partial charge in [-0.2, -0.15) is 5.10 Å². The maximum absolute atomic E-state index is 11.3. The summed E-state index contributed by atoms with van der Waals surface area (Å²) in [4.78, 5) is 13.8. The van der Waals surface area contributed by atoms with Gasteiger partial charge in [-0.1, -0.05) is 24.3 Å². The molecule has 6 heteroatoms. The Hall–Kier alpha value is -2.18. The number of nitrogens with one attached hydrogen (secondary N) is 1. The van der Waals surface area contributed by atoms with Crippen LogP contribution in [0, 0.1) is 0 Å². The van der Waals surface area contributed by atoms with Gasteiger partial charge in [0.25, 0.3) is 0 Å². The minimum absolute atomic E-state index is 0.000559. The number of hydrogen-bond donors (Lipinski definition) is 1. The Balaban J connectivity index is 1.38. The van der Waals surface area contributed by atoms with Crippen molar-refractivity contribution in [1.82, 2.24) is 20.0 Å². The molecule has 2 saturated heterocycles. The van der Waals surface area contributed by atoms with E-state index < -0.39 is 0 Å². The van der Waals surface area contributed by atoms with E-state index in [2.05, 4.69) is 39.6 Å². The van der Waals surface area contributed by atoms with E-state index in [0.29, 0.717) is 6.54 Å². The lowest BCUT2D eigenvalue weighted by Crippen LogP contribution is -2.57. The highest BCUT2D eigenvalue weighted by Gasteiger charge is 2.38. The summed E-state index contributed by atoms with van der Waals surface area (Å²) in [6, 6.07) is 10.5. The van der Waals surface area contributed by atoms with Crippen molar-refractivity contribution in [1.29, 1.82) is 0 Å². The smallest absolute Gasteiger partial charge is 0.246 e. The van der Waals surface area contributed by atoms with Crippen LogP contribution in [0.3, 0.4) is 0 Å². The second-order valence-corrected chi connectivity index (χ2v) is 7.00. The van der Waals surface area contributed by atoms with E-state index >= 15 is 0 Å². The fraction of sp³-hybridized carbons (Fsp3) is 0.474. The number of rotatable bonds is 4. The highest BCUT2D eigenvalue weighted by molar-refractivity contribution is 5.78. The van der Waals surface area contributed by atoms with Gasteiger partial charge in [0.15, 0.2) is 0 Å². The van der Waals surface area contributed by atoms with Crippen LogP contribution in [0.25, 0.3) is 0 Å². The largest absolute Gasteiger partial charge is 0.363 e. The van der Waals surface area contributed by atoms with Crippen LogP contribution in [-0.2, 0) is 22.6 Å². The van der Waals surface area contributed by atoms with E-state index in [0.717, 1.165) is 39.0 Å². The predicted octanol–water partition coefficient (Wildman–Crippen LogP) is 1.41. The Bertz CT molecular complexity index is 709. The number of benzene rings is 1. The summed E-state index contributed by atoms with van der Waals surface area (Å²) in [6.45, 7) is 4.58. The average Bonchev–Trinajstić information content (AvgIpc) is 3.15. The lowest BCUT2D eigenvalue weighted by atomic mass is 9.89. The van der Waals surface area contributed by atoms with Gasteiger partial charge < -0.3 is 10.1 Å². The van der Waals surface area contributed by atoms with Crippen LogP contribution in [-0.4, -0.2) is 52.4 Å². The lowest BCUT2D eigenvalue weighted by molar-refractivity contribution is -0.150. The van der Waals surface area contributed by atoms with Crippen LogP contribution in [0.2, 0.25) is 0 Å². The molecule has 6 nitrogen and oxygen atoms in total. The maximum atomic E-state index is 11.3. The zero-order valence-electron chi connectivity index (χ0n) is 14.4. The third-order valence-electron chi connectivity index (χ3n) is 5.29. The van der Waals surface area contributed by atoms with Crippen molar-refractivity contribution in [2.24, 2.45) is 0 Å². The molecule has 2 aliphatic heterocycles. The van der Waals surface area contributed by atoms with Gasteiger partial charge in [0, 0.05) is 38.6 Å². The van der Waals surface area contributed by atoms with Crippen molar-refractivity contribution in [3.8, 4) is 0 Å². The van der Waals surface area contributed by atoms with Gasteiger partial charge in [0.2, 0.25) is 5.91 Å². The number of ether oxygens (including phenoxy) is 1. The first kappa shape index (κ1) is 16.3. The molecule has 0 aliphatic carbocycles. The number of nitrogens with zero attached hydrogens (tertiary/aromatic N) is 3. The molecule has 1 aromatic heterocycles. The Morgan fingerprint density at radius 3 is 2.52 bits per heavy atom. The normalized spacial score (nSPS) is 20.6. The van der Waals surface area contributed by atoms with Crippen LogP contribution in [0.5, 0.6) is 0 Å². The van der Waals surface area contributed by atoms with Crippen molar-refractivity contribution in [3.63, 3.8) is 0 Å². The molecule has 2 fully saturated rings. The van der Waals surface area contributed by atoms with E-state index in [1.807, 2.05) is 23.1 Å². The summed E-state index contributed by atoms with van der Waals surface area (Å²) >= 11 is 0. The first-order valence-electron chi connectivity index (χ1n) is 8.90. The topological polar surface area (TPSA) is 59.4 Å². The summed E-state index contributed by atoms with van der Waals surface area (Å²) in [5.74, 6) is 0.000559. The van der Waals surface area contributed by atoms with E-state index in [-0.39, 0.29) is 18.1 Å². The minimum Gasteiger partial charge on any atom is -0.363 e. The average molecular weight is 340 g/mol. The van der Waals surface area contributed by atoms with E-state index in [1.54, 1.807) is 0 Å². The quantitative estimate of drug-likeness (QED) is 0.914. The molecule has 1 spiro atoms. The molecule has 25 heavy (non-hydrogen) atoms. The molecule has 132 valence electrons. The van der Waals surface area contributed by atoms with Gasteiger partial charge in [0.05, 0.1) is 12.1 Å². The molecule has 0 radical (unpaired) electrons. The molecule has 0 bridgehead atoms. The highest BCUT2D eigenvalue weighted by atomic mass is 16.5. The third-order valence-corrected chi connectivity index (χ3v) is 5.29. The van der Waals surface area contributed by atoms with Gasteiger partial charge in [0.1, 0.15) is 6.61 Å². The van der Waals surface area contributed by atoms with Crippen LogP contribution >= 0.6 is 0 Å². The first-order valence-corrected chi connectivity index (χ1v) is 8.90. The summed E-state index contributed by atoms with van der Waals surface area (Å²) in [5, 5.41) is 7.26. The molecule has 3 heterocycles. The van der Waals surface area contributed by atoms with Gasteiger partial charge in [-0.05, 0) is 30.0 Å². The zero-order valence-corrected chi connectivity index (χ0v) is 14.4. The number of carbonyl (C=O) groups is 1. The third kappa shape index (κ3) is 3.75. The van der Waals surface area contributed by atoms with Crippen LogP contribution < -0.4 is 5.32 Å². The Labute approximate surface area is 147 Å². The number of hydrogen-bond acceptors (Lipinski definition) is 4. The Morgan fingerprint density at radius 2 is 1.88 bits per heavy atom. The SMILES string of the molecule is O=C1COC2(CCN(Cc3ccccc3Cn3cccn3)CC2)CN1. The molecular weight excluding hydrogens is 316 g/mol. The van der Waals surface area contributed by atoms with Gasteiger partial charge in [-0.15, -0.1) is 0 Å². The standard InChI is InChI=1S/C19H24N4O2/c24-18-14-25-19(15-20-18)6-10-22(11-7-19)12-16-4-1-2-5-17(16)13-23-9-3-8-21-23/h1-5,8-9H,6-7,10-15H2,(H,20,24). The van der Waals surface area contributed by atoms with E-state index in [9.17, 15) is 4.79 Å². The molecule has 1 amide bonds. The van der Waals surface area contributed by atoms with Gasteiger partial charge >= 0.3 is 0 Å². The number of amides is 1. The van der Waals surface area contributed by atoms with Crippen molar-refractivity contribution in [2.45, 2.75) is 31.5 Å². The monoisotopic (exact) mass is 340 g/mol. The summed E-state index contributed by atoms with van der Waals surface area (Å²) in [7, 11) is 0. The Kier molecular flexibility index (Phi) is 4.55. The fourth-order valence-electron chi connectivity index (χ4n) is 3.70. The van der Waals surface area contributed by atoms with Gasteiger partial charge in [-0.3, -0.25) is 14.4 Å². The number of likely N-dealkylation sites (tertiary alicyclic amines) is 1. The zero-order chi connectivity index (χ0) is 17.1. The molecule has 0 saturated carbocycles. The first-order chi connectivity index (χ1) is 12.2. The van der Waals surface area contributed by atoms with Crippen molar-refractivity contribution < 1.29 is 9.53 Å². The van der Waals surface area contributed by atoms with Crippen molar-refractivity contribution >= 4 is 5.91 Å². The van der Waals surface area contributed by atoms with Gasteiger partial charge in [-0.25, -0.2) is 0 Å². The van der Waals surface area contributed by atoms with E-state index in [4.69, 9.17) is 4.74 Å². The van der Waals surface area contributed by atoms with E-state index in [1.165, 1.54) is 11.1 Å². The molecular formula is C19H24N4O2. The second-order valence-electron chi connectivity index (χ2n) is 7.00. The second kappa shape index (κ2) is 6.98. The van der Waals surface area contributed by atoms with Crippen molar-refractivity contribution in [3.05, 3.63) is 53.9 Å². The fourth-order valence-corrected chi connectivity index (χ4v) is 3.70. The summed E-state index contributed by atoms with van der Waals surface area (Å²) in [5.41, 5.74) is 2.51. The van der Waals surface area contributed by atoms with Crippen molar-refractivity contribution in [2.75, 3.05) is 26.2 Å². The molecule has 2 aliphatic rings. The molecule has 4 rings (SSSR count). The molecule has 1 aromatic carbocycles. The maximum Gasteiger partial charge on any atom is 0.246 e. The summed E-state index contributed by atoms with van der Waals surface area (Å²) in [6.07, 6.45) is 5.75. The van der Waals surface area contributed by atoms with Crippen LogP contribution in [0.1, 0.15) is 24.0 Å². The lowest BCUT2D eigenvalue weighted by Gasteiger charge is -2.43. The molecule has 0 atom stereocenters. The number of morpholine rings is 1. The van der Waals surface area contributed by atoms with Crippen LogP contribution in [0.15, 0.2) is 42.7 Å². The van der Waals surface area contributed by atoms with Crippen LogP contribution in [0.4, 0.5) is 0 Å². The molecule has 2 aromatic rings. The number of carbonyl (C=O) groups excluding carboxylic acids is 1. The Morgan fingerprint density at radius 1 is 1.12 bits per heavy atom. The number of aromatic nitrogens is 2.